The summed E-state index contributed by atoms with van der Waals surface area (Å²) in [5.41, 5.74) is -0.229. The number of benzene rings is 1. The van der Waals surface area contributed by atoms with Crippen LogP contribution in [0.15, 0.2) is 24.3 Å². The highest BCUT2D eigenvalue weighted by molar-refractivity contribution is 6.06. The lowest BCUT2D eigenvalue weighted by atomic mass is 9.98. The van der Waals surface area contributed by atoms with Crippen LogP contribution in [0.1, 0.15) is 29.3 Å². The van der Waals surface area contributed by atoms with E-state index in [1.54, 1.807) is 19.1 Å². The number of hydrogen-bond donors (Lipinski definition) is 0. The molecule has 1 atom stereocenters. The molecule has 0 fully saturated rings. The Balaban J connectivity index is 2.50. The molecule has 1 aromatic carbocycles. The van der Waals surface area contributed by atoms with Crippen molar-refractivity contribution in [3.8, 4) is 0 Å². The van der Waals surface area contributed by atoms with Crippen molar-refractivity contribution in [1.82, 2.24) is 0 Å². The molecule has 1 aliphatic rings. The Morgan fingerprint density at radius 1 is 1.46 bits per heavy atom. The molecule has 0 unspecified atom stereocenters. The molecule has 13 heavy (non-hydrogen) atoms. The van der Waals surface area contributed by atoms with Crippen molar-refractivity contribution in [1.29, 1.82) is 0 Å². The van der Waals surface area contributed by atoms with Crippen molar-refractivity contribution in [3.05, 3.63) is 35.4 Å². The molecule has 0 bridgehead atoms. The van der Waals surface area contributed by atoms with Crippen LogP contribution in [0.2, 0.25) is 0 Å². The zero-order valence-corrected chi connectivity index (χ0v) is 7.51. The van der Waals surface area contributed by atoms with Crippen LogP contribution < -0.4 is 0 Å². The Kier molecular flexibility index (Phi) is 1.72. The number of carbonyl (C=O) groups is 1. The fourth-order valence-electron chi connectivity index (χ4n) is 1.81. The Hall–Kier alpha value is -1.18. The van der Waals surface area contributed by atoms with Gasteiger partial charge < -0.3 is 0 Å². The maximum Gasteiger partial charge on any atom is 0.200 e. The second-order valence-corrected chi connectivity index (χ2v) is 3.48. The average molecular weight is 178 g/mol. The van der Waals surface area contributed by atoms with Gasteiger partial charge in [-0.3, -0.25) is 4.79 Å². The number of fused-ring (bicyclic) bond motifs is 1. The molecular formula is C11H11FO. The van der Waals surface area contributed by atoms with Crippen LogP contribution in [0.4, 0.5) is 4.39 Å². The van der Waals surface area contributed by atoms with Gasteiger partial charge in [0.25, 0.3) is 0 Å². The highest BCUT2D eigenvalue weighted by Crippen LogP contribution is 2.35. The van der Waals surface area contributed by atoms with E-state index >= 15 is 0 Å². The number of rotatable bonds is 1. The highest BCUT2D eigenvalue weighted by Gasteiger charge is 2.44. The van der Waals surface area contributed by atoms with E-state index in [9.17, 15) is 9.18 Å². The summed E-state index contributed by atoms with van der Waals surface area (Å²) in [6.07, 6.45) is 0.513. The number of carbonyl (C=O) groups excluding carboxylic acids is 1. The molecule has 68 valence electrons. The van der Waals surface area contributed by atoms with Gasteiger partial charge in [0, 0.05) is 12.0 Å². The third-order valence-electron chi connectivity index (χ3n) is 2.70. The van der Waals surface area contributed by atoms with Crippen LogP contribution in [-0.2, 0) is 6.42 Å². The molecule has 0 spiro atoms. The summed E-state index contributed by atoms with van der Waals surface area (Å²) in [5, 5.41) is 0. The minimum Gasteiger partial charge on any atom is -0.291 e. The molecule has 0 amide bonds. The molecule has 1 aliphatic carbocycles. The lowest BCUT2D eigenvalue weighted by Crippen LogP contribution is -2.29. The van der Waals surface area contributed by atoms with Gasteiger partial charge in [-0.2, -0.15) is 0 Å². The van der Waals surface area contributed by atoms with E-state index in [4.69, 9.17) is 0 Å². The summed E-state index contributed by atoms with van der Waals surface area (Å²) in [5.74, 6) is -0.342. The van der Waals surface area contributed by atoms with E-state index < -0.39 is 5.67 Å². The Morgan fingerprint density at radius 2 is 2.15 bits per heavy atom. The Morgan fingerprint density at radius 3 is 2.77 bits per heavy atom. The molecule has 1 nitrogen and oxygen atoms in total. The van der Waals surface area contributed by atoms with E-state index in [2.05, 4.69) is 0 Å². The van der Waals surface area contributed by atoms with Crippen LogP contribution in [0.25, 0.3) is 0 Å². The van der Waals surface area contributed by atoms with Gasteiger partial charge >= 0.3 is 0 Å². The molecule has 0 aliphatic heterocycles. The van der Waals surface area contributed by atoms with Gasteiger partial charge in [-0.05, 0) is 12.0 Å². The summed E-state index contributed by atoms with van der Waals surface area (Å²) in [6, 6.07) is 7.14. The lowest BCUT2D eigenvalue weighted by molar-refractivity contribution is 0.0711. The van der Waals surface area contributed by atoms with E-state index in [-0.39, 0.29) is 18.6 Å². The first-order valence-electron chi connectivity index (χ1n) is 4.49. The summed E-state index contributed by atoms with van der Waals surface area (Å²) in [7, 11) is 0. The van der Waals surface area contributed by atoms with Gasteiger partial charge in [0.15, 0.2) is 5.67 Å². The molecule has 2 heteroatoms. The third-order valence-corrected chi connectivity index (χ3v) is 2.70. The van der Waals surface area contributed by atoms with Crippen molar-refractivity contribution < 1.29 is 9.18 Å². The first kappa shape index (κ1) is 8.42. The van der Waals surface area contributed by atoms with Crippen LogP contribution in [0, 0.1) is 0 Å². The standard InChI is InChI=1S/C11H11FO/c1-2-11(12)7-8-5-3-4-6-9(8)10(11)13/h3-6H,2,7H2,1H3/t11-/m1/s1. The molecule has 0 heterocycles. The number of ketones is 1. The monoisotopic (exact) mass is 178 g/mol. The first-order valence-corrected chi connectivity index (χ1v) is 4.49. The van der Waals surface area contributed by atoms with Crippen LogP contribution >= 0.6 is 0 Å². The van der Waals surface area contributed by atoms with Gasteiger partial charge in [0.05, 0.1) is 0 Å². The maximum absolute atomic E-state index is 13.9. The number of Topliss-reactive ketones (excluding diaryl/α,β-unsaturated/α-hetero) is 1. The molecule has 1 aromatic rings. The largest absolute Gasteiger partial charge is 0.291 e. The van der Waals surface area contributed by atoms with E-state index in [0.29, 0.717) is 5.56 Å². The van der Waals surface area contributed by atoms with Crippen molar-refractivity contribution >= 4 is 5.78 Å². The molecule has 0 saturated carbocycles. The zero-order valence-electron chi connectivity index (χ0n) is 7.51. The van der Waals surface area contributed by atoms with Crippen molar-refractivity contribution in [3.63, 3.8) is 0 Å². The molecule has 0 aromatic heterocycles. The van der Waals surface area contributed by atoms with Crippen molar-refractivity contribution in [2.24, 2.45) is 0 Å². The summed E-state index contributed by atoms with van der Waals surface area (Å²) in [4.78, 5) is 11.6. The van der Waals surface area contributed by atoms with Gasteiger partial charge in [-0.1, -0.05) is 31.2 Å². The quantitative estimate of drug-likeness (QED) is 0.645. The van der Waals surface area contributed by atoms with Gasteiger partial charge in [0.2, 0.25) is 5.78 Å². The molecule has 0 saturated heterocycles. The Bertz CT molecular complexity index is 359. The minimum absolute atomic E-state index is 0.249. The SMILES string of the molecule is CC[C@@]1(F)Cc2ccccc2C1=O. The summed E-state index contributed by atoms with van der Waals surface area (Å²) < 4.78 is 13.9. The topological polar surface area (TPSA) is 17.1 Å². The predicted octanol–water partition coefficient (Wildman–Crippen LogP) is 2.54. The lowest BCUT2D eigenvalue weighted by Gasteiger charge is -2.13. The second-order valence-electron chi connectivity index (χ2n) is 3.48. The highest BCUT2D eigenvalue weighted by atomic mass is 19.1. The smallest absolute Gasteiger partial charge is 0.200 e. The van der Waals surface area contributed by atoms with Crippen LogP contribution in [0.5, 0.6) is 0 Å². The number of hydrogen-bond acceptors (Lipinski definition) is 1. The predicted molar refractivity (Wildman–Crippen MR) is 48.6 cm³/mol. The van der Waals surface area contributed by atoms with Crippen molar-refractivity contribution in [2.45, 2.75) is 25.4 Å². The molecule has 0 radical (unpaired) electrons. The number of alkyl halides is 1. The maximum atomic E-state index is 13.9. The average Bonchev–Trinajstić information content (AvgIpc) is 2.41. The van der Waals surface area contributed by atoms with Crippen LogP contribution in [-0.4, -0.2) is 11.5 Å². The third kappa shape index (κ3) is 1.09. The number of halogens is 1. The minimum atomic E-state index is -1.64. The zero-order chi connectivity index (χ0) is 9.47. The van der Waals surface area contributed by atoms with Gasteiger partial charge in [-0.15, -0.1) is 0 Å². The second kappa shape index (κ2) is 2.66. The van der Waals surface area contributed by atoms with E-state index in [0.717, 1.165) is 5.56 Å². The van der Waals surface area contributed by atoms with Crippen molar-refractivity contribution in [2.75, 3.05) is 0 Å². The van der Waals surface area contributed by atoms with Gasteiger partial charge in [0.1, 0.15) is 0 Å². The Labute approximate surface area is 76.6 Å². The molecular weight excluding hydrogens is 167 g/mol. The fourth-order valence-corrected chi connectivity index (χ4v) is 1.81. The van der Waals surface area contributed by atoms with E-state index in [1.807, 2.05) is 12.1 Å². The normalized spacial score (nSPS) is 26.2. The molecule has 2 rings (SSSR count). The van der Waals surface area contributed by atoms with Crippen LogP contribution in [0.3, 0.4) is 0 Å². The fraction of sp³-hybridized carbons (Fsp3) is 0.364. The summed E-state index contributed by atoms with van der Waals surface area (Å²) >= 11 is 0. The molecule has 0 N–H and O–H groups in total. The van der Waals surface area contributed by atoms with E-state index in [1.165, 1.54) is 0 Å². The van der Waals surface area contributed by atoms with Gasteiger partial charge in [-0.25, -0.2) is 4.39 Å². The summed E-state index contributed by atoms with van der Waals surface area (Å²) in [6.45, 7) is 1.71. The first-order chi connectivity index (χ1) is 6.17.